The van der Waals surface area contributed by atoms with Crippen molar-refractivity contribution >= 4 is 40.8 Å². The third-order valence-electron chi connectivity index (χ3n) is 3.75. The van der Waals surface area contributed by atoms with Crippen LogP contribution >= 0.6 is 23.2 Å². The summed E-state index contributed by atoms with van der Waals surface area (Å²) in [5.74, 6) is -1.74. The normalized spacial score (nSPS) is 10.4. The zero-order chi connectivity index (χ0) is 20.1. The van der Waals surface area contributed by atoms with Gasteiger partial charge in [0, 0.05) is 16.8 Å². The lowest BCUT2D eigenvalue weighted by atomic mass is 10.1. The smallest absolute Gasteiger partial charge is 0.257 e. The largest absolute Gasteiger partial charge is 0.545 e. The van der Waals surface area contributed by atoms with E-state index in [-0.39, 0.29) is 28.4 Å². The standard InChI is InChI=1S/C20H14Cl2N2O4/c21-12-4-6-15(17(22)9-12)19(25)24-18-7-5-14(10-16(18)20(26)27)28-11-13-3-1-2-8-23-13/h1-10H,11H2,(H,24,25)(H,26,27)/p-1. The van der Waals surface area contributed by atoms with Crippen LogP contribution in [0.15, 0.2) is 60.8 Å². The maximum Gasteiger partial charge on any atom is 0.257 e. The van der Waals surface area contributed by atoms with Crippen LogP contribution in [-0.4, -0.2) is 16.9 Å². The molecule has 1 aromatic heterocycles. The second kappa shape index (κ2) is 8.73. The monoisotopic (exact) mass is 415 g/mol. The number of carboxylic acids is 1. The lowest BCUT2D eigenvalue weighted by Crippen LogP contribution is -2.25. The summed E-state index contributed by atoms with van der Waals surface area (Å²) < 4.78 is 5.56. The predicted molar refractivity (Wildman–Crippen MR) is 104 cm³/mol. The highest BCUT2D eigenvalue weighted by Crippen LogP contribution is 2.25. The molecule has 0 atom stereocenters. The number of carbonyl (C=O) groups is 2. The molecule has 0 aliphatic heterocycles. The van der Waals surface area contributed by atoms with E-state index in [9.17, 15) is 14.7 Å². The van der Waals surface area contributed by atoms with Gasteiger partial charge >= 0.3 is 0 Å². The summed E-state index contributed by atoms with van der Waals surface area (Å²) in [4.78, 5) is 28.1. The molecular weight excluding hydrogens is 403 g/mol. The SMILES string of the molecule is O=C(Nc1ccc(OCc2ccccn2)cc1C(=O)[O-])c1ccc(Cl)cc1Cl. The van der Waals surface area contributed by atoms with Crippen molar-refractivity contribution in [3.05, 3.63) is 87.7 Å². The summed E-state index contributed by atoms with van der Waals surface area (Å²) in [5.41, 5.74) is 0.677. The van der Waals surface area contributed by atoms with Crippen LogP contribution in [-0.2, 0) is 6.61 Å². The first-order chi connectivity index (χ1) is 13.4. The number of hydrogen-bond donors (Lipinski definition) is 1. The van der Waals surface area contributed by atoms with Crippen LogP contribution < -0.4 is 15.2 Å². The Morgan fingerprint density at radius 3 is 2.54 bits per heavy atom. The zero-order valence-electron chi connectivity index (χ0n) is 14.3. The topological polar surface area (TPSA) is 91.3 Å². The molecule has 0 radical (unpaired) electrons. The van der Waals surface area contributed by atoms with Gasteiger partial charge in [-0.15, -0.1) is 0 Å². The Balaban J connectivity index is 1.79. The van der Waals surface area contributed by atoms with E-state index >= 15 is 0 Å². The lowest BCUT2D eigenvalue weighted by Gasteiger charge is -2.15. The average Bonchev–Trinajstić information content (AvgIpc) is 2.67. The molecular formula is C20H13Cl2N2O4-. The van der Waals surface area contributed by atoms with Gasteiger partial charge in [-0.05, 0) is 48.5 Å². The van der Waals surface area contributed by atoms with E-state index in [1.807, 2.05) is 6.07 Å². The number of nitrogens with one attached hydrogen (secondary N) is 1. The molecule has 3 aromatic rings. The van der Waals surface area contributed by atoms with Gasteiger partial charge in [0.25, 0.3) is 5.91 Å². The molecule has 6 nitrogen and oxygen atoms in total. The Hall–Kier alpha value is -3.09. The van der Waals surface area contributed by atoms with Crippen molar-refractivity contribution in [1.29, 1.82) is 0 Å². The van der Waals surface area contributed by atoms with Gasteiger partial charge in [-0.2, -0.15) is 0 Å². The summed E-state index contributed by atoms with van der Waals surface area (Å²) in [5, 5.41) is 14.5. The fourth-order valence-corrected chi connectivity index (χ4v) is 2.89. The number of nitrogens with zero attached hydrogens (tertiary/aromatic N) is 1. The van der Waals surface area contributed by atoms with Crippen molar-refractivity contribution in [2.45, 2.75) is 6.61 Å². The minimum atomic E-state index is -1.46. The van der Waals surface area contributed by atoms with Crippen LogP contribution in [0.25, 0.3) is 0 Å². The Bertz CT molecular complexity index is 1030. The van der Waals surface area contributed by atoms with Crippen LogP contribution in [0.4, 0.5) is 5.69 Å². The highest BCUT2D eigenvalue weighted by atomic mass is 35.5. The molecule has 0 aliphatic carbocycles. The molecule has 0 spiro atoms. The number of hydrogen-bond acceptors (Lipinski definition) is 5. The third kappa shape index (κ3) is 4.79. The molecule has 8 heteroatoms. The predicted octanol–water partition coefficient (Wildman–Crippen LogP) is 3.58. The number of aromatic nitrogens is 1. The van der Waals surface area contributed by atoms with E-state index in [0.29, 0.717) is 16.5 Å². The molecule has 0 bridgehead atoms. The molecule has 0 saturated carbocycles. The molecule has 1 heterocycles. The molecule has 2 aromatic carbocycles. The third-order valence-corrected chi connectivity index (χ3v) is 4.30. The molecule has 3 rings (SSSR count). The number of amides is 1. The van der Waals surface area contributed by atoms with Crippen molar-refractivity contribution in [3.8, 4) is 5.75 Å². The van der Waals surface area contributed by atoms with Gasteiger partial charge in [-0.3, -0.25) is 9.78 Å². The summed E-state index contributed by atoms with van der Waals surface area (Å²) in [7, 11) is 0. The Morgan fingerprint density at radius 1 is 1.04 bits per heavy atom. The Kier molecular flexibility index (Phi) is 6.13. The molecule has 0 fully saturated rings. The van der Waals surface area contributed by atoms with E-state index < -0.39 is 11.9 Å². The summed E-state index contributed by atoms with van der Waals surface area (Å²) in [6, 6.07) is 14.0. The number of carbonyl (C=O) groups excluding carboxylic acids is 2. The molecule has 0 aliphatic rings. The fourth-order valence-electron chi connectivity index (χ4n) is 2.40. The van der Waals surface area contributed by atoms with Crippen LogP contribution in [0.5, 0.6) is 5.75 Å². The second-order valence-electron chi connectivity index (χ2n) is 5.68. The van der Waals surface area contributed by atoms with Gasteiger partial charge in [-0.25, -0.2) is 0 Å². The van der Waals surface area contributed by atoms with Crippen molar-refractivity contribution in [1.82, 2.24) is 4.98 Å². The number of benzene rings is 2. The van der Waals surface area contributed by atoms with E-state index in [1.54, 1.807) is 18.3 Å². The van der Waals surface area contributed by atoms with Gasteiger partial charge < -0.3 is 20.0 Å². The number of rotatable bonds is 6. The van der Waals surface area contributed by atoms with Crippen LogP contribution in [0.2, 0.25) is 10.0 Å². The van der Waals surface area contributed by atoms with Crippen molar-refractivity contribution < 1.29 is 19.4 Å². The summed E-state index contributed by atoms with van der Waals surface area (Å²) >= 11 is 11.8. The zero-order valence-corrected chi connectivity index (χ0v) is 15.8. The van der Waals surface area contributed by atoms with Crippen LogP contribution in [0.1, 0.15) is 26.4 Å². The van der Waals surface area contributed by atoms with Gasteiger partial charge in [0.1, 0.15) is 12.4 Å². The van der Waals surface area contributed by atoms with Gasteiger partial charge in [-0.1, -0.05) is 29.3 Å². The van der Waals surface area contributed by atoms with Gasteiger partial charge in [0.05, 0.1) is 27.9 Å². The number of ether oxygens (including phenoxy) is 1. The van der Waals surface area contributed by atoms with E-state index in [2.05, 4.69) is 10.3 Å². The highest BCUT2D eigenvalue weighted by molar-refractivity contribution is 6.37. The lowest BCUT2D eigenvalue weighted by molar-refractivity contribution is -0.254. The average molecular weight is 416 g/mol. The first kappa shape index (κ1) is 19.7. The minimum Gasteiger partial charge on any atom is -0.545 e. The number of pyridine rings is 1. The Labute approximate surface area is 170 Å². The maximum absolute atomic E-state index is 12.4. The quantitative estimate of drug-likeness (QED) is 0.663. The number of halogens is 2. The van der Waals surface area contributed by atoms with E-state index in [4.69, 9.17) is 27.9 Å². The second-order valence-corrected chi connectivity index (χ2v) is 6.53. The fraction of sp³-hybridized carbons (Fsp3) is 0.0500. The highest BCUT2D eigenvalue weighted by Gasteiger charge is 2.14. The molecule has 1 amide bonds. The minimum absolute atomic E-state index is 0.0567. The van der Waals surface area contributed by atoms with Crippen LogP contribution in [0, 0.1) is 0 Å². The van der Waals surface area contributed by atoms with Crippen molar-refractivity contribution in [3.63, 3.8) is 0 Å². The first-order valence-electron chi connectivity index (χ1n) is 8.08. The summed E-state index contributed by atoms with van der Waals surface area (Å²) in [6.45, 7) is 0.166. The molecule has 0 saturated heterocycles. The first-order valence-corrected chi connectivity index (χ1v) is 8.84. The van der Waals surface area contributed by atoms with E-state index in [1.165, 1.54) is 36.4 Å². The molecule has 142 valence electrons. The van der Waals surface area contributed by atoms with Gasteiger partial charge in [0.15, 0.2) is 0 Å². The van der Waals surface area contributed by atoms with Gasteiger partial charge in [0.2, 0.25) is 0 Å². The molecule has 28 heavy (non-hydrogen) atoms. The molecule has 0 unspecified atom stereocenters. The van der Waals surface area contributed by atoms with Crippen molar-refractivity contribution in [2.75, 3.05) is 5.32 Å². The summed E-state index contributed by atoms with van der Waals surface area (Å²) in [6.07, 6.45) is 1.63. The van der Waals surface area contributed by atoms with Crippen molar-refractivity contribution in [2.24, 2.45) is 0 Å². The Morgan fingerprint density at radius 2 is 1.86 bits per heavy atom. The molecule has 1 N–H and O–H groups in total. The van der Waals surface area contributed by atoms with Crippen LogP contribution in [0.3, 0.4) is 0 Å². The van der Waals surface area contributed by atoms with E-state index in [0.717, 1.165) is 0 Å². The number of anilines is 1. The number of aromatic carboxylic acids is 1. The maximum atomic E-state index is 12.4. The number of carboxylic acid groups (broad SMARTS) is 1.